The number of rotatable bonds is 6. The van der Waals surface area contributed by atoms with Crippen molar-refractivity contribution < 1.29 is 4.79 Å². The lowest BCUT2D eigenvalue weighted by atomic mass is 10.3. The van der Waals surface area contributed by atoms with Crippen LogP contribution in [0, 0.1) is 0 Å². The van der Waals surface area contributed by atoms with Crippen LogP contribution in [0.4, 0.5) is 0 Å². The molecule has 0 aliphatic heterocycles. The van der Waals surface area contributed by atoms with Crippen LogP contribution in [0.2, 0.25) is 0 Å². The molecule has 0 saturated carbocycles. The molecular formula is C18H19N3OS. The van der Waals surface area contributed by atoms with Gasteiger partial charge in [-0.25, -0.2) is 4.98 Å². The van der Waals surface area contributed by atoms with Crippen molar-refractivity contribution in [1.29, 1.82) is 0 Å². The van der Waals surface area contributed by atoms with E-state index in [2.05, 4.69) is 27.4 Å². The molecule has 1 unspecified atom stereocenters. The molecule has 0 bridgehead atoms. The van der Waals surface area contributed by atoms with Gasteiger partial charge in [-0.3, -0.25) is 4.79 Å². The van der Waals surface area contributed by atoms with Crippen LogP contribution in [0.15, 0.2) is 59.5 Å². The van der Waals surface area contributed by atoms with Gasteiger partial charge in [0, 0.05) is 17.1 Å². The van der Waals surface area contributed by atoms with Crippen molar-refractivity contribution >= 4 is 28.7 Å². The van der Waals surface area contributed by atoms with Crippen molar-refractivity contribution in [2.75, 3.05) is 5.75 Å². The lowest BCUT2D eigenvalue weighted by Gasteiger charge is -2.11. The average molecular weight is 325 g/mol. The van der Waals surface area contributed by atoms with E-state index in [1.165, 1.54) is 4.90 Å². The summed E-state index contributed by atoms with van der Waals surface area (Å²) in [6.07, 6.45) is 0.490. The number of fused-ring (bicyclic) bond motifs is 1. The van der Waals surface area contributed by atoms with Gasteiger partial charge in [-0.2, -0.15) is 0 Å². The Bertz CT molecular complexity index is 752. The lowest BCUT2D eigenvalue weighted by Crippen LogP contribution is -2.27. The third-order valence-corrected chi connectivity index (χ3v) is 4.55. The first-order valence-electron chi connectivity index (χ1n) is 7.64. The molecule has 0 radical (unpaired) electrons. The summed E-state index contributed by atoms with van der Waals surface area (Å²) in [7, 11) is 0. The molecule has 3 rings (SSSR count). The highest BCUT2D eigenvalue weighted by Crippen LogP contribution is 2.18. The standard InChI is InChI=1S/C18H19N3OS/c1-13(18-20-15-9-5-6-10-16(15)21-18)19-17(22)11-12-23-14-7-3-2-4-8-14/h2-10,13H,11-12H2,1H3,(H,19,22)(H,20,21). The second kappa shape index (κ2) is 7.33. The number of carbonyl (C=O) groups excluding carboxylic acids is 1. The van der Waals surface area contributed by atoms with Gasteiger partial charge in [0.1, 0.15) is 5.82 Å². The number of nitrogens with one attached hydrogen (secondary N) is 2. The summed E-state index contributed by atoms with van der Waals surface area (Å²) in [5, 5.41) is 3.00. The van der Waals surface area contributed by atoms with Gasteiger partial charge < -0.3 is 10.3 Å². The van der Waals surface area contributed by atoms with Gasteiger partial charge in [0.25, 0.3) is 0 Å². The maximum Gasteiger partial charge on any atom is 0.221 e. The summed E-state index contributed by atoms with van der Waals surface area (Å²) < 4.78 is 0. The minimum Gasteiger partial charge on any atom is -0.346 e. The summed E-state index contributed by atoms with van der Waals surface area (Å²) in [6, 6.07) is 17.8. The number of H-pyrrole nitrogens is 1. The van der Waals surface area contributed by atoms with Gasteiger partial charge in [-0.15, -0.1) is 11.8 Å². The number of aromatic amines is 1. The molecule has 2 aromatic carbocycles. The first kappa shape index (κ1) is 15.6. The van der Waals surface area contributed by atoms with Crippen molar-refractivity contribution in [3.8, 4) is 0 Å². The molecule has 0 aliphatic rings. The molecule has 1 atom stereocenters. The molecule has 0 aliphatic carbocycles. The predicted octanol–water partition coefficient (Wildman–Crippen LogP) is 3.92. The number of nitrogens with zero attached hydrogens (tertiary/aromatic N) is 1. The number of hydrogen-bond acceptors (Lipinski definition) is 3. The van der Waals surface area contributed by atoms with Crippen molar-refractivity contribution in [3.63, 3.8) is 0 Å². The van der Waals surface area contributed by atoms with Crippen LogP contribution in [0.5, 0.6) is 0 Å². The summed E-state index contributed by atoms with van der Waals surface area (Å²) in [5.41, 5.74) is 1.91. The third-order valence-electron chi connectivity index (χ3n) is 3.54. The molecule has 1 amide bonds. The van der Waals surface area contributed by atoms with E-state index < -0.39 is 0 Å². The van der Waals surface area contributed by atoms with Gasteiger partial charge in [0.2, 0.25) is 5.91 Å². The van der Waals surface area contributed by atoms with Gasteiger partial charge in [-0.1, -0.05) is 30.3 Å². The quantitative estimate of drug-likeness (QED) is 0.675. The Kier molecular flexibility index (Phi) is 4.98. The maximum absolute atomic E-state index is 12.1. The Morgan fingerprint density at radius 3 is 2.70 bits per heavy atom. The molecule has 0 spiro atoms. The molecule has 3 aromatic rings. The first-order chi connectivity index (χ1) is 11.2. The van der Waals surface area contributed by atoms with E-state index >= 15 is 0 Å². The Balaban J connectivity index is 1.51. The average Bonchev–Trinajstić information content (AvgIpc) is 3.00. The van der Waals surface area contributed by atoms with E-state index in [0.29, 0.717) is 6.42 Å². The van der Waals surface area contributed by atoms with E-state index in [9.17, 15) is 4.79 Å². The van der Waals surface area contributed by atoms with E-state index in [4.69, 9.17) is 0 Å². The second-order valence-corrected chi connectivity index (χ2v) is 6.51. The topological polar surface area (TPSA) is 57.8 Å². The number of thioether (sulfide) groups is 1. The van der Waals surface area contributed by atoms with Crippen molar-refractivity contribution in [1.82, 2.24) is 15.3 Å². The number of aromatic nitrogens is 2. The third kappa shape index (κ3) is 4.13. The molecule has 4 nitrogen and oxygen atoms in total. The van der Waals surface area contributed by atoms with Crippen molar-refractivity contribution in [2.45, 2.75) is 24.3 Å². The number of imidazole rings is 1. The molecule has 1 heterocycles. The smallest absolute Gasteiger partial charge is 0.221 e. The summed E-state index contributed by atoms with van der Waals surface area (Å²) in [6.45, 7) is 1.94. The SMILES string of the molecule is CC(NC(=O)CCSc1ccccc1)c1nc2ccccc2[nH]1. The minimum atomic E-state index is -0.128. The highest BCUT2D eigenvalue weighted by molar-refractivity contribution is 7.99. The fourth-order valence-electron chi connectivity index (χ4n) is 2.34. The Morgan fingerprint density at radius 2 is 1.91 bits per heavy atom. The fraction of sp³-hybridized carbons (Fsp3) is 0.222. The number of amides is 1. The normalized spacial score (nSPS) is 12.2. The molecule has 0 saturated heterocycles. The lowest BCUT2D eigenvalue weighted by molar-refractivity contribution is -0.121. The van der Waals surface area contributed by atoms with Crippen LogP contribution in [-0.4, -0.2) is 21.6 Å². The molecule has 1 aromatic heterocycles. The number of hydrogen-bond donors (Lipinski definition) is 2. The van der Waals surface area contributed by atoms with Gasteiger partial charge in [0.15, 0.2) is 0 Å². The second-order valence-electron chi connectivity index (χ2n) is 5.34. The minimum absolute atomic E-state index is 0.0430. The highest BCUT2D eigenvalue weighted by Gasteiger charge is 2.13. The molecule has 0 fully saturated rings. The Labute approximate surface area is 139 Å². The largest absolute Gasteiger partial charge is 0.346 e. The highest BCUT2D eigenvalue weighted by atomic mass is 32.2. The molecule has 2 N–H and O–H groups in total. The van der Waals surface area contributed by atoms with Gasteiger partial charge in [0.05, 0.1) is 17.1 Å². The zero-order chi connectivity index (χ0) is 16.1. The molecule has 23 heavy (non-hydrogen) atoms. The number of para-hydroxylation sites is 2. The first-order valence-corrected chi connectivity index (χ1v) is 8.63. The van der Waals surface area contributed by atoms with Crippen LogP contribution >= 0.6 is 11.8 Å². The fourth-order valence-corrected chi connectivity index (χ4v) is 3.21. The maximum atomic E-state index is 12.1. The Morgan fingerprint density at radius 1 is 1.17 bits per heavy atom. The number of benzene rings is 2. The molecule has 5 heteroatoms. The predicted molar refractivity (Wildman–Crippen MR) is 94.4 cm³/mol. The van der Waals surface area contributed by atoms with Crippen molar-refractivity contribution in [2.24, 2.45) is 0 Å². The molecule has 118 valence electrons. The van der Waals surface area contributed by atoms with E-state index in [1.807, 2.05) is 49.4 Å². The number of carbonyl (C=O) groups is 1. The van der Waals surface area contributed by atoms with Crippen LogP contribution in [0.3, 0.4) is 0 Å². The van der Waals surface area contributed by atoms with E-state index in [0.717, 1.165) is 22.6 Å². The van der Waals surface area contributed by atoms with E-state index in [1.54, 1.807) is 11.8 Å². The van der Waals surface area contributed by atoms with Crippen molar-refractivity contribution in [3.05, 3.63) is 60.4 Å². The monoisotopic (exact) mass is 325 g/mol. The van der Waals surface area contributed by atoms with Crippen LogP contribution in [0.1, 0.15) is 25.2 Å². The van der Waals surface area contributed by atoms with Crippen LogP contribution in [-0.2, 0) is 4.79 Å². The van der Waals surface area contributed by atoms with E-state index in [-0.39, 0.29) is 11.9 Å². The summed E-state index contributed by atoms with van der Waals surface area (Å²) in [5.74, 6) is 1.60. The molecular weight excluding hydrogens is 306 g/mol. The van der Waals surface area contributed by atoms with Crippen LogP contribution in [0.25, 0.3) is 11.0 Å². The zero-order valence-corrected chi connectivity index (χ0v) is 13.8. The van der Waals surface area contributed by atoms with Gasteiger partial charge >= 0.3 is 0 Å². The van der Waals surface area contributed by atoms with Crippen LogP contribution < -0.4 is 5.32 Å². The summed E-state index contributed by atoms with van der Waals surface area (Å²) >= 11 is 1.69. The zero-order valence-electron chi connectivity index (χ0n) is 13.0. The Hall–Kier alpha value is -2.27. The summed E-state index contributed by atoms with van der Waals surface area (Å²) in [4.78, 5) is 21.0. The van der Waals surface area contributed by atoms with Gasteiger partial charge in [-0.05, 0) is 31.2 Å².